The molecule has 1 aliphatic rings. The van der Waals surface area contributed by atoms with Crippen molar-refractivity contribution in [2.45, 2.75) is 18.9 Å². The van der Waals surface area contributed by atoms with Crippen LogP contribution < -0.4 is 10.1 Å². The van der Waals surface area contributed by atoms with Gasteiger partial charge in [0.15, 0.2) is 0 Å². The molecule has 2 aromatic rings. The molecular weight excluding hydrogens is 319 g/mol. The second kappa shape index (κ2) is 7.19. The van der Waals surface area contributed by atoms with Crippen LogP contribution in [0.4, 0.5) is 13.2 Å². The molecule has 0 spiro atoms. The van der Waals surface area contributed by atoms with E-state index in [2.05, 4.69) is 19.9 Å². The van der Waals surface area contributed by atoms with E-state index in [0.717, 1.165) is 25.2 Å². The van der Waals surface area contributed by atoms with E-state index in [0.29, 0.717) is 6.54 Å². The molecule has 2 heterocycles. The van der Waals surface area contributed by atoms with Crippen LogP contribution in [-0.2, 0) is 6.54 Å². The number of benzene rings is 1. The molecule has 1 aromatic carbocycles. The number of rotatable bonds is 4. The SMILES string of the molecule is FC(F)(F)Oc1ccc(CN2CCNCC2c2ccncc2)cc1. The first-order chi connectivity index (χ1) is 11.5. The second-order valence-electron chi connectivity index (χ2n) is 5.66. The summed E-state index contributed by atoms with van der Waals surface area (Å²) < 4.78 is 40.5. The van der Waals surface area contributed by atoms with Crippen molar-refractivity contribution in [1.29, 1.82) is 0 Å². The van der Waals surface area contributed by atoms with Crippen LogP contribution in [0.5, 0.6) is 5.75 Å². The number of nitrogens with one attached hydrogen (secondary N) is 1. The molecule has 0 saturated carbocycles. The summed E-state index contributed by atoms with van der Waals surface area (Å²) in [5, 5.41) is 3.38. The quantitative estimate of drug-likeness (QED) is 0.930. The van der Waals surface area contributed by atoms with Crippen molar-refractivity contribution in [3.05, 3.63) is 59.9 Å². The van der Waals surface area contributed by atoms with Gasteiger partial charge in [-0.2, -0.15) is 0 Å². The van der Waals surface area contributed by atoms with Gasteiger partial charge in [0.1, 0.15) is 5.75 Å². The predicted molar refractivity (Wildman–Crippen MR) is 83.4 cm³/mol. The lowest BCUT2D eigenvalue weighted by Crippen LogP contribution is -2.45. The highest BCUT2D eigenvalue weighted by atomic mass is 19.4. The van der Waals surface area contributed by atoms with Crippen molar-refractivity contribution in [2.24, 2.45) is 0 Å². The fourth-order valence-electron chi connectivity index (χ4n) is 2.88. The Morgan fingerprint density at radius 2 is 1.83 bits per heavy atom. The largest absolute Gasteiger partial charge is 0.573 e. The lowest BCUT2D eigenvalue weighted by molar-refractivity contribution is -0.274. The third-order valence-electron chi connectivity index (χ3n) is 3.99. The maximum atomic E-state index is 12.2. The minimum absolute atomic E-state index is 0.197. The third kappa shape index (κ3) is 4.46. The summed E-state index contributed by atoms with van der Waals surface area (Å²) in [6.45, 7) is 3.25. The summed E-state index contributed by atoms with van der Waals surface area (Å²) in [5.41, 5.74) is 2.12. The highest BCUT2D eigenvalue weighted by Gasteiger charge is 2.31. The molecular formula is C17H18F3N3O. The summed E-state index contributed by atoms with van der Waals surface area (Å²) >= 11 is 0. The first kappa shape index (κ1) is 16.7. The zero-order valence-corrected chi connectivity index (χ0v) is 13.0. The van der Waals surface area contributed by atoms with Gasteiger partial charge in [-0.15, -0.1) is 13.2 Å². The van der Waals surface area contributed by atoms with Crippen molar-refractivity contribution in [3.8, 4) is 5.75 Å². The maximum absolute atomic E-state index is 12.2. The monoisotopic (exact) mass is 337 g/mol. The smallest absolute Gasteiger partial charge is 0.406 e. The average Bonchev–Trinajstić information content (AvgIpc) is 2.57. The van der Waals surface area contributed by atoms with Crippen LogP contribution in [0.3, 0.4) is 0 Å². The maximum Gasteiger partial charge on any atom is 0.573 e. The molecule has 24 heavy (non-hydrogen) atoms. The Hall–Kier alpha value is -2.12. The molecule has 0 bridgehead atoms. The fraction of sp³-hybridized carbons (Fsp3) is 0.353. The lowest BCUT2D eigenvalue weighted by atomic mass is 10.0. The van der Waals surface area contributed by atoms with Crippen molar-refractivity contribution in [3.63, 3.8) is 0 Å². The Bertz CT molecular complexity index is 646. The number of alkyl halides is 3. The standard InChI is InChI=1S/C17H18F3N3O/c18-17(19,20)24-15-3-1-13(2-4-15)12-23-10-9-22-11-16(23)14-5-7-21-8-6-14/h1-8,16,22H,9-12H2. The molecule has 128 valence electrons. The van der Waals surface area contributed by atoms with Crippen LogP contribution >= 0.6 is 0 Å². The van der Waals surface area contributed by atoms with Crippen LogP contribution in [0.15, 0.2) is 48.8 Å². The molecule has 3 rings (SSSR count). The van der Waals surface area contributed by atoms with Crippen LogP contribution in [0.1, 0.15) is 17.2 Å². The van der Waals surface area contributed by atoms with E-state index in [1.807, 2.05) is 12.1 Å². The molecule has 4 nitrogen and oxygen atoms in total. The van der Waals surface area contributed by atoms with Crippen LogP contribution in [0, 0.1) is 0 Å². The van der Waals surface area contributed by atoms with Gasteiger partial charge in [0.05, 0.1) is 0 Å². The van der Waals surface area contributed by atoms with Gasteiger partial charge in [0.2, 0.25) is 0 Å². The van der Waals surface area contributed by atoms with E-state index in [9.17, 15) is 13.2 Å². The minimum Gasteiger partial charge on any atom is -0.406 e. The average molecular weight is 337 g/mol. The van der Waals surface area contributed by atoms with E-state index in [4.69, 9.17) is 0 Å². The second-order valence-corrected chi connectivity index (χ2v) is 5.66. The van der Waals surface area contributed by atoms with Gasteiger partial charge in [-0.05, 0) is 35.4 Å². The fourth-order valence-corrected chi connectivity index (χ4v) is 2.88. The summed E-state index contributed by atoms with van der Waals surface area (Å²) in [4.78, 5) is 6.35. The number of ether oxygens (including phenoxy) is 1. The molecule has 0 aliphatic carbocycles. The van der Waals surface area contributed by atoms with E-state index in [1.54, 1.807) is 24.5 Å². The summed E-state index contributed by atoms with van der Waals surface area (Å²) in [5.74, 6) is -0.197. The molecule has 1 aliphatic heterocycles. The van der Waals surface area contributed by atoms with Crippen LogP contribution in [0.25, 0.3) is 0 Å². The van der Waals surface area contributed by atoms with Gasteiger partial charge >= 0.3 is 6.36 Å². The van der Waals surface area contributed by atoms with Crippen molar-refractivity contribution < 1.29 is 17.9 Å². The highest BCUT2D eigenvalue weighted by molar-refractivity contribution is 5.28. The summed E-state index contributed by atoms with van der Waals surface area (Å²) in [6.07, 6.45) is -1.12. The zero-order chi connectivity index (χ0) is 17.0. The molecule has 1 fully saturated rings. The molecule has 0 radical (unpaired) electrons. The number of halogens is 3. The Morgan fingerprint density at radius 1 is 1.12 bits per heavy atom. The Morgan fingerprint density at radius 3 is 2.50 bits per heavy atom. The first-order valence-corrected chi connectivity index (χ1v) is 7.71. The number of nitrogens with zero attached hydrogens (tertiary/aromatic N) is 2. The molecule has 1 saturated heterocycles. The number of pyridine rings is 1. The first-order valence-electron chi connectivity index (χ1n) is 7.71. The Labute approximate surface area is 138 Å². The van der Waals surface area contributed by atoms with E-state index < -0.39 is 6.36 Å². The molecule has 1 atom stereocenters. The normalized spacial score (nSPS) is 19.2. The van der Waals surface area contributed by atoms with Crippen molar-refractivity contribution >= 4 is 0 Å². The van der Waals surface area contributed by atoms with Gasteiger partial charge in [0, 0.05) is 44.6 Å². The molecule has 1 aromatic heterocycles. The lowest BCUT2D eigenvalue weighted by Gasteiger charge is -2.36. The van der Waals surface area contributed by atoms with E-state index in [-0.39, 0.29) is 11.8 Å². The molecule has 1 unspecified atom stereocenters. The number of hydrogen-bond acceptors (Lipinski definition) is 4. The van der Waals surface area contributed by atoms with Gasteiger partial charge < -0.3 is 10.1 Å². The zero-order valence-electron chi connectivity index (χ0n) is 13.0. The number of hydrogen-bond donors (Lipinski definition) is 1. The van der Waals surface area contributed by atoms with Crippen molar-refractivity contribution in [2.75, 3.05) is 19.6 Å². The topological polar surface area (TPSA) is 37.4 Å². The highest BCUT2D eigenvalue weighted by Crippen LogP contribution is 2.26. The summed E-state index contributed by atoms with van der Waals surface area (Å²) in [6, 6.07) is 10.3. The number of aromatic nitrogens is 1. The van der Waals surface area contributed by atoms with Gasteiger partial charge in [-0.3, -0.25) is 9.88 Å². The van der Waals surface area contributed by atoms with Gasteiger partial charge in [0.25, 0.3) is 0 Å². The van der Waals surface area contributed by atoms with Gasteiger partial charge in [-0.25, -0.2) is 0 Å². The Balaban J connectivity index is 1.69. The third-order valence-corrected chi connectivity index (χ3v) is 3.99. The molecule has 1 N–H and O–H groups in total. The van der Waals surface area contributed by atoms with E-state index in [1.165, 1.54) is 17.7 Å². The van der Waals surface area contributed by atoms with Crippen LogP contribution in [0.2, 0.25) is 0 Å². The van der Waals surface area contributed by atoms with E-state index >= 15 is 0 Å². The minimum atomic E-state index is -4.66. The predicted octanol–water partition coefficient (Wildman–Crippen LogP) is 3.13. The number of piperazine rings is 1. The van der Waals surface area contributed by atoms with Crippen LogP contribution in [-0.4, -0.2) is 35.9 Å². The van der Waals surface area contributed by atoms with Gasteiger partial charge in [-0.1, -0.05) is 12.1 Å². The summed E-state index contributed by atoms with van der Waals surface area (Å²) in [7, 11) is 0. The Kier molecular flexibility index (Phi) is 5.01. The van der Waals surface area contributed by atoms with Crippen molar-refractivity contribution in [1.82, 2.24) is 15.2 Å². The molecule has 0 amide bonds. The molecule has 7 heteroatoms.